The first kappa shape index (κ1) is 21.7. The van der Waals surface area contributed by atoms with Gasteiger partial charge in [-0.2, -0.15) is 4.31 Å². The first-order chi connectivity index (χ1) is 14.8. The lowest BCUT2D eigenvalue weighted by Gasteiger charge is -2.20. The molecule has 0 unspecified atom stereocenters. The number of hydrogen-bond acceptors (Lipinski definition) is 5. The SMILES string of the molecule is CCN(CC)S(=O)(=O)c1ccc2c(c1)CCN2C(=O)c1csc(-c2ccc(C)cc2)n1. The van der Waals surface area contributed by atoms with E-state index >= 15 is 0 Å². The van der Waals surface area contributed by atoms with E-state index in [1.54, 1.807) is 28.5 Å². The molecule has 0 saturated carbocycles. The predicted molar refractivity (Wildman–Crippen MR) is 124 cm³/mol. The van der Waals surface area contributed by atoms with Crippen LogP contribution in [0.3, 0.4) is 0 Å². The monoisotopic (exact) mass is 455 g/mol. The number of nitrogens with zero attached hydrogens (tertiary/aromatic N) is 3. The number of anilines is 1. The third kappa shape index (κ3) is 4.03. The van der Waals surface area contributed by atoms with Crippen molar-refractivity contribution in [2.24, 2.45) is 0 Å². The Hall–Kier alpha value is -2.55. The van der Waals surface area contributed by atoms with Gasteiger partial charge in [-0.25, -0.2) is 13.4 Å². The molecule has 4 rings (SSSR count). The number of aryl methyl sites for hydroxylation is 1. The molecule has 1 aromatic heterocycles. The third-order valence-corrected chi connectivity index (χ3v) is 8.49. The van der Waals surface area contributed by atoms with Crippen LogP contribution in [0.25, 0.3) is 10.6 Å². The van der Waals surface area contributed by atoms with E-state index in [0.29, 0.717) is 31.7 Å². The molecule has 0 radical (unpaired) electrons. The van der Waals surface area contributed by atoms with Crippen molar-refractivity contribution >= 4 is 33.0 Å². The summed E-state index contributed by atoms with van der Waals surface area (Å²) >= 11 is 1.45. The van der Waals surface area contributed by atoms with Gasteiger partial charge in [0.05, 0.1) is 4.90 Å². The molecule has 2 heterocycles. The summed E-state index contributed by atoms with van der Waals surface area (Å²) in [5.41, 5.74) is 4.20. The molecule has 0 N–H and O–H groups in total. The van der Waals surface area contributed by atoms with E-state index in [1.165, 1.54) is 21.2 Å². The molecule has 0 aliphatic carbocycles. The minimum Gasteiger partial charge on any atom is -0.306 e. The van der Waals surface area contributed by atoms with Crippen molar-refractivity contribution < 1.29 is 13.2 Å². The predicted octanol–water partition coefficient (Wildman–Crippen LogP) is 4.35. The number of carbonyl (C=O) groups excluding carboxylic acids is 1. The number of carbonyl (C=O) groups is 1. The molecule has 1 aliphatic heterocycles. The van der Waals surface area contributed by atoms with Gasteiger partial charge >= 0.3 is 0 Å². The van der Waals surface area contributed by atoms with Gasteiger partial charge in [0.2, 0.25) is 10.0 Å². The molecule has 1 amide bonds. The number of amides is 1. The van der Waals surface area contributed by atoms with Gasteiger partial charge in [0.25, 0.3) is 5.91 Å². The Bertz CT molecular complexity index is 1210. The van der Waals surface area contributed by atoms with E-state index in [-0.39, 0.29) is 10.8 Å². The average molecular weight is 456 g/mol. The normalized spacial score (nSPS) is 13.6. The molecule has 3 aromatic rings. The average Bonchev–Trinajstić information content (AvgIpc) is 3.41. The first-order valence-electron chi connectivity index (χ1n) is 10.3. The molecule has 31 heavy (non-hydrogen) atoms. The van der Waals surface area contributed by atoms with Crippen LogP contribution in [-0.4, -0.2) is 43.2 Å². The minimum absolute atomic E-state index is 0.160. The number of aromatic nitrogens is 1. The van der Waals surface area contributed by atoms with E-state index in [4.69, 9.17) is 0 Å². The molecule has 0 atom stereocenters. The standard InChI is InChI=1S/C23H25N3O3S2/c1-4-25(5-2)31(28,29)19-10-11-21-18(14-19)12-13-26(21)23(27)20-15-30-22(24-20)17-8-6-16(3)7-9-17/h6-11,14-15H,4-5,12-13H2,1-3H3. The second-order valence-corrected chi connectivity index (χ2v) is 10.3. The van der Waals surface area contributed by atoms with Crippen LogP contribution < -0.4 is 4.90 Å². The lowest BCUT2D eigenvalue weighted by Crippen LogP contribution is -2.31. The zero-order valence-electron chi connectivity index (χ0n) is 17.8. The molecule has 0 bridgehead atoms. The van der Waals surface area contributed by atoms with Crippen molar-refractivity contribution in [2.45, 2.75) is 32.1 Å². The van der Waals surface area contributed by atoms with Crippen molar-refractivity contribution in [1.29, 1.82) is 0 Å². The van der Waals surface area contributed by atoms with Gasteiger partial charge in [-0.15, -0.1) is 11.3 Å². The number of sulfonamides is 1. The van der Waals surface area contributed by atoms with Gasteiger partial charge < -0.3 is 4.90 Å². The molecular weight excluding hydrogens is 430 g/mol. The Morgan fingerprint density at radius 3 is 2.52 bits per heavy atom. The van der Waals surface area contributed by atoms with Crippen LogP contribution in [0, 0.1) is 6.92 Å². The van der Waals surface area contributed by atoms with Gasteiger partial charge in [-0.1, -0.05) is 43.7 Å². The van der Waals surface area contributed by atoms with Gasteiger partial charge in [-0.05, 0) is 37.1 Å². The van der Waals surface area contributed by atoms with Crippen molar-refractivity contribution in [3.63, 3.8) is 0 Å². The number of fused-ring (bicyclic) bond motifs is 1. The quantitative estimate of drug-likeness (QED) is 0.554. The molecule has 162 valence electrons. The summed E-state index contributed by atoms with van der Waals surface area (Å²) in [6.45, 7) is 7.05. The third-order valence-electron chi connectivity index (χ3n) is 5.56. The molecule has 0 saturated heterocycles. The highest BCUT2D eigenvalue weighted by molar-refractivity contribution is 7.89. The maximum Gasteiger partial charge on any atom is 0.277 e. The lowest BCUT2D eigenvalue weighted by atomic mass is 10.2. The smallest absolute Gasteiger partial charge is 0.277 e. The fourth-order valence-corrected chi connectivity index (χ4v) is 6.11. The summed E-state index contributed by atoms with van der Waals surface area (Å²) in [4.78, 5) is 19.7. The Balaban J connectivity index is 1.59. The molecule has 2 aromatic carbocycles. The van der Waals surface area contributed by atoms with Crippen molar-refractivity contribution in [3.8, 4) is 10.6 Å². The molecule has 1 aliphatic rings. The van der Waals surface area contributed by atoms with E-state index in [2.05, 4.69) is 4.98 Å². The Morgan fingerprint density at radius 1 is 1.13 bits per heavy atom. The maximum absolute atomic E-state index is 13.1. The number of rotatable bonds is 6. The first-order valence-corrected chi connectivity index (χ1v) is 12.6. The summed E-state index contributed by atoms with van der Waals surface area (Å²) in [6.07, 6.45) is 0.623. The summed E-state index contributed by atoms with van der Waals surface area (Å²) in [6, 6.07) is 13.1. The fourth-order valence-electron chi connectivity index (χ4n) is 3.80. The topological polar surface area (TPSA) is 70.6 Å². The molecule has 6 nitrogen and oxygen atoms in total. The van der Waals surface area contributed by atoms with E-state index in [9.17, 15) is 13.2 Å². The fraction of sp³-hybridized carbons (Fsp3) is 0.304. The van der Waals surface area contributed by atoms with E-state index in [0.717, 1.165) is 21.8 Å². The zero-order valence-corrected chi connectivity index (χ0v) is 19.5. The van der Waals surface area contributed by atoms with Crippen LogP contribution >= 0.6 is 11.3 Å². The highest BCUT2D eigenvalue weighted by Gasteiger charge is 2.30. The number of thiazole rings is 1. The zero-order chi connectivity index (χ0) is 22.2. The summed E-state index contributed by atoms with van der Waals surface area (Å²) in [7, 11) is -3.52. The van der Waals surface area contributed by atoms with Gasteiger partial charge in [0.1, 0.15) is 10.7 Å². The van der Waals surface area contributed by atoms with Crippen molar-refractivity contribution in [2.75, 3.05) is 24.5 Å². The van der Waals surface area contributed by atoms with Gasteiger partial charge in [-0.3, -0.25) is 4.79 Å². The van der Waals surface area contributed by atoms with Gasteiger partial charge in [0, 0.05) is 36.3 Å². The van der Waals surface area contributed by atoms with Crippen molar-refractivity contribution in [1.82, 2.24) is 9.29 Å². The van der Waals surface area contributed by atoms with Gasteiger partial charge in [0.15, 0.2) is 0 Å². The second-order valence-electron chi connectivity index (χ2n) is 7.49. The Morgan fingerprint density at radius 2 is 1.84 bits per heavy atom. The molecule has 8 heteroatoms. The largest absolute Gasteiger partial charge is 0.306 e. The second kappa shape index (κ2) is 8.53. The molecular formula is C23H25N3O3S2. The van der Waals surface area contributed by atoms with Crippen LogP contribution in [0.2, 0.25) is 0 Å². The van der Waals surface area contributed by atoms with Crippen LogP contribution in [0.1, 0.15) is 35.5 Å². The van der Waals surface area contributed by atoms with Crippen LogP contribution in [0.5, 0.6) is 0 Å². The number of hydrogen-bond donors (Lipinski definition) is 0. The van der Waals surface area contributed by atoms with Crippen molar-refractivity contribution in [3.05, 3.63) is 64.7 Å². The lowest BCUT2D eigenvalue weighted by molar-refractivity contribution is 0.0985. The summed E-state index contributed by atoms with van der Waals surface area (Å²) in [5.74, 6) is -0.160. The highest BCUT2D eigenvalue weighted by Crippen LogP contribution is 2.33. The molecule has 0 fully saturated rings. The van der Waals surface area contributed by atoms with Crippen LogP contribution in [-0.2, 0) is 16.4 Å². The summed E-state index contributed by atoms with van der Waals surface area (Å²) in [5, 5.41) is 2.60. The summed E-state index contributed by atoms with van der Waals surface area (Å²) < 4.78 is 27.1. The Labute approximate surface area is 187 Å². The minimum atomic E-state index is -3.52. The maximum atomic E-state index is 13.1. The van der Waals surface area contributed by atoms with E-state index in [1.807, 2.05) is 45.0 Å². The Kier molecular flexibility index (Phi) is 5.96. The van der Waals surface area contributed by atoms with Crippen LogP contribution in [0.15, 0.2) is 52.7 Å². The molecule has 0 spiro atoms. The number of benzene rings is 2. The highest BCUT2D eigenvalue weighted by atomic mass is 32.2. The van der Waals surface area contributed by atoms with E-state index < -0.39 is 10.0 Å². The van der Waals surface area contributed by atoms with Crippen LogP contribution in [0.4, 0.5) is 5.69 Å².